The summed E-state index contributed by atoms with van der Waals surface area (Å²) in [6, 6.07) is 5.11. The van der Waals surface area contributed by atoms with Gasteiger partial charge in [0.2, 0.25) is 0 Å². The topological polar surface area (TPSA) is 238 Å². The number of nitrogens with one attached hydrogen (secondary N) is 2. The maximum absolute atomic E-state index is 14.5. The molecule has 3 heterocycles. The molecule has 0 spiro atoms. The van der Waals surface area contributed by atoms with Crippen molar-refractivity contribution in [3.8, 4) is 0 Å². The Morgan fingerprint density at radius 1 is 0.956 bits per heavy atom. The van der Waals surface area contributed by atoms with E-state index in [1.807, 2.05) is 13.8 Å². The molecule has 0 aromatic heterocycles. The van der Waals surface area contributed by atoms with Crippen LogP contribution in [0.5, 0.6) is 0 Å². The van der Waals surface area contributed by atoms with E-state index in [2.05, 4.69) is 10.6 Å². The maximum atomic E-state index is 14.5. The van der Waals surface area contributed by atoms with Gasteiger partial charge in [0.1, 0.15) is 35.1 Å². The molecule has 0 amide bonds. The van der Waals surface area contributed by atoms with E-state index in [0.717, 1.165) is 10.7 Å². The molecule has 394 valence electrons. The monoisotopic (exact) mass is 1010 g/mol. The van der Waals surface area contributed by atoms with Gasteiger partial charge >= 0.3 is 5.97 Å². The Balaban J connectivity index is 1.79. The second kappa shape index (κ2) is 23.9. The number of hydrogen-bond acceptors (Lipinski definition) is 16. The molecule has 18 atom stereocenters. The first-order chi connectivity index (χ1) is 31.5. The number of aliphatic hydroxyl groups excluding tert-OH is 2. The third-order valence-corrected chi connectivity index (χ3v) is 17.1. The second-order valence-electron chi connectivity index (χ2n) is 20.6. The van der Waals surface area contributed by atoms with Crippen LogP contribution < -0.4 is 10.6 Å². The van der Waals surface area contributed by atoms with Crippen molar-refractivity contribution in [2.45, 2.75) is 205 Å². The van der Waals surface area contributed by atoms with Gasteiger partial charge in [0, 0.05) is 57.7 Å². The third kappa shape index (κ3) is 13.3. The van der Waals surface area contributed by atoms with Crippen molar-refractivity contribution < 1.29 is 67.2 Å². The van der Waals surface area contributed by atoms with E-state index in [1.54, 1.807) is 79.7 Å². The SMILES string of the molecule is CCCNC[C@]1(O)[C@H](C)O[C@@H](O[C@H]2[C@H](C)[C@@H](O[C@@H]3O[C@H](C)C[C@H](N(C)S(=O)(=O)N(C)Cc4ccc(Cl)cc4)[C@H]3O)[C@](C)(O)C[C@@H](C)CN[C@H](C)[C@@H](O)[C@](C)(O)[C@@H](CC)OC(=O)[C@@H]2C)C[C@@]1(C)OC. The quantitative estimate of drug-likeness (QED) is 0.0986. The highest BCUT2D eigenvalue weighted by atomic mass is 35.5. The number of rotatable bonds is 15. The smallest absolute Gasteiger partial charge is 0.311 e. The van der Waals surface area contributed by atoms with E-state index < -0.39 is 118 Å². The summed E-state index contributed by atoms with van der Waals surface area (Å²) in [5, 5.41) is 67.4. The van der Waals surface area contributed by atoms with Gasteiger partial charge in [0.15, 0.2) is 12.6 Å². The Morgan fingerprint density at radius 2 is 1.59 bits per heavy atom. The number of halogens is 1. The number of ether oxygens (including phenoxy) is 6. The maximum Gasteiger partial charge on any atom is 0.311 e. The van der Waals surface area contributed by atoms with Gasteiger partial charge in [-0.3, -0.25) is 4.79 Å². The number of hydrogen-bond donors (Lipinski definition) is 7. The van der Waals surface area contributed by atoms with Crippen LogP contribution in [0.25, 0.3) is 0 Å². The standard InChI is InChI=1S/C48H85ClN4O14S/c1-15-21-50-27-48(59)33(8)64-38(24-46(48,10)62-14)66-40-30(5)42(45(9,57)23-28(3)25-51-32(7)41(55)47(11,58)37(16-2)65-43(56)31(40)6)67-44-39(54)36(22-29(4)63-44)53(13)68(60,61)52(12)26-34-17-19-35(49)20-18-34/h17-20,28-33,36-42,44,50-51,54-55,57-59H,15-16,21-27H2,1-14H3/t28-,29-,30+,31-,32-,33+,36+,37-,38+,39-,40+,41-,42-,44+,45-,46-,47-,48+/m1/s1. The minimum atomic E-state index is -4.18. The predicted molar refractivity (Wildman–Crippen MR) is 258 cm³/mol. The number of benzene rings is 1. The zero-order chi connectivity index (χ0) is 51.3. The molecule has 1 aromatic rings. The first-order valence-electron chi connectivity index (χ1n) is 24.3. The van der Waals surface area contributed by atoms with E-state index >= 15 is 0 Å². The summed E-state index contributed by atoms with van der Waals surface area (Å²) in [5.74, 6) is -3.16. The number of carbonyl (C=O) groups excluding carboxylic acids is 1. The van der Waals surface area contributed by atoms with Crippen LogP contribution in [0.1, 0.15) is 114 Å². The average Bonchev–Trinajstić information content (AvgIpc) is 3.27. The van der Waals surface area contributed by atoms with Crippen molar-refractivity contribution in [1.82, 2.24) is 19.2 Å². The molecular weight excluding hydrogens is 924 g/mol. The molecule has 0 bridgehead atoms. The molecule has 20 heteroatoms. The van der Waals surface area contributed by atoms with Crippen LogP contribution in [0.3, 0.4) is 0 Å². The molecule has 7 N–H and O–H groups in total. The first-order valence-corrected chi connectivity index (χ1v) is 26.1. The molecule has 0 unspecified atom stereocenters. The van der Waals surface area contributed by atoms with Crippen LogP contribution in [0, 0.1) is 17.8 Å². The van der Waals surface area contributed by atoms with E-state index in [1.165, 1.54) is 32.4 Å². The molecule has 4 rings (SSSR count). The highest BCUT2D eigenvalue weighted by molar-refractivity contribution is 7.86. The third-order valence-electron chi connectivity index (χ3n) is 14.9. The highest BCUT2D eigenvalue weighted by Gasteiger charge is 2.58. The Bertz CT molecular complexity index is 1870. The number of esters is 1. The van der Waals surface area contributed by atoms with Crippen LogP contribution in [0.2, 0.25) is 5.02 Å². The van der Waals surface area contributed by atoms with Gasteiger partial charge in [-0.1, -0.05) is 51.4 Å². The molecule has 18 nitrogen and oxygen atoms in total. The van der Waals surface area contributed by atoms with Crippen molar-refractivity contribution in [1.29, 1.82) is 0 Å². The number of carbonyl (C=O) groups is 1. The molecule has 3 aliphatic rings. The van der Waals surface area contributed by atoms with Crippen molar-refractivity contribution >= 4 is 27.8 Å². The largest absolute Gasteiger partial charge is 0.459 e. The Labute approximate surface area is 410 Å². The lowest BCUT2D eigenvalue weighted by molar-refractivity contribution is -0.336. The number of aliphatic hydroxyl groups is 5. The van der Waals surface area contributed by atoms with Gasteiger partial charge in [-0.05, 0) is 111 Å². The molecular formula is C48H85ClN4O14S. The molecule has 1 aromatic carbocycles. The Kier molecular flexibility index (Phi) is 20.7. The second-order valence-corrected chi connectivity index (χ2v) is 23.2. The summed E-state index contributed by atoms with van der Waals surface area (Å²) in [4.78, 5) is 14.5. The summed E-state index contributed by atoms with van der Waals surface area (Å²) in [7, 11) is 0.163. The number of methoxy groups -OCH3 is 1. The van der Waals surface area contributed by atoms with Gasteiger partial charge in [-0.2, -0.15) is 17.0 Å². The molecule has 0 radical (unpaired) electrons. The summed E-state index contributed by atoms with van der Waals surface area (Å²) in [5.41, 5.74) is -5.65. The van der Waals surface area contributed by atoms with Crippen molar-refractivity contribution in [2.24, 2.45) is 17.8 Å². The minimum absolute atomic E-state index is 0.0149. The molecule has 68 heavy (non-hydrogen) atoms. The first kappa shape index (κ1) is 58.9. The van der Waals surface area contributed by atoms with E-state index in [0.29, 0.717) is 17.1 Å². The normalized spacial score (nSPS) is 41.8. The van der Waals surface area contributed by atoms with Gasteiger partial charge < -0.3 is 64.6 Å². The summed E-state index contributed by atoms with van der Waals surface area (Å²) in [6.07, 6.45) is -9.39. The Morgan fingerprint density at radius 3 is 2.18 bits per heavy atom. The number of cyclic esters (lactones) is 1. The predicted octanol–water partition coefficient (Wildman–Crippen LogP) is 3.33. The lowest BCUT2D eigenvalue weighted by Gasteiger charge is -2.53. The summed E-state index contributed by atoms with van der Waals surface area (Å²) >= 11 is 6.07. The van der Waals surface area contributed by atoms with Crippen LogP contribution in [-0.2, 0) is 50.0 Å². The molecule has 0 saturated carbocycles. The van der Waals surface area contributed by atoms with Gasteiger partial charge in [0.25, 0.3) is 10.2 Å². The molecule has 3 aliphatic heterocycles. The van der Waals surface area contributed by atoms with Crippen LogP contribution >= 0.6 is 11.6 Å². The lowest BCUT2D eigenvalue weighted by Crippen LogP contribution is -2.70. The van der Waals surface area contributed by atoms with Gasteiger partial charge in [0.05, 0.1) is 42.0 Å². The fraction of sp³-hybridized carbons (Fsp3) is 0.854. The van der Waals surface area contributed by atoms with E-state index in [9.17, 15) is 38.7 Å². The van der Waals surface area contributed by atoms with Crippen molar-refractivity contribution in [2.75, 3.05) is 40.8 Å². The number of nitrogens with zero attached hydrogens (tertiary/aromatic N) is 2. The number of likely N-dealkylation sites (N-methyl/N-ethyl adjacent to an activating group) is 1. The van der Waals surface area contributed by atoms with Crippen LogP contribution in [0.15, 0.2) is 24.3 Å². The van der Waals surface area contributed by atoms with Gasteiger partial charge in [-0.15, -0.1) is 0 Å². The van der Waals surface area contributed by atoms with Crippen LogP contribution in [-0.4, -0.2) is 179 Å². The molecule has 0 aliphatic carbocycles. The zero-order valence-electron chi connectivity index (χ0n) is 42.8. The van der Waals surface area contributed by atoms with Crippen molar-refractivity contribution in [3.63, 3.8) is 0 Å². The summed E-state index contributed by atoms with van der Waals surface area (Å²) in [6.45, 7) is 20.1. The van der Waals surface area contributed by atoms with Crippen molar-refractivity contribution in [3.05, 3.63) is 34.9 Å². The lowest BCUT2D eigenvalue weighted by atomic mass is 9.75. The zero-order valence-corrected chi connectivity index (χ0v) is 44.4. The fourth-order valence-electron chi connectivity index (χ4n) is 10.4. The molecule has 3 fully saturated rings. The molecule has 3 saturated heterocycles. The highest BCUT2D eigenvalue weighted by Crippen LogP contribution is 2.43. The summed E-state index contributed by atoms with van der Waals surface area (Å²) < 4.78 is 69.0. The fourth-order valence-corrected chi connectivity index (χ4v) is 11.8. The van der Waals surface area contributed by atoms with E-state index in [4.69, 9.17) is 40.0 Å². The minimum Gasteiger partial charge on any atom is -0.459 e. The Hall–Kier alpha value is -1.63. The van der Waals surface area contributed by atoms with E-state index in [-0.39, 0.29) is 51.2 Å². The average molecular weight is 1010 g/mol. The van der Waals surface area contributed by atoms with Gasteiger partial charge in [-0.25, -0.2) is 0 Å². The van der Waals surface area contributed by atoms with Crippen LogP contribution in [0.4, 0.5) is 0 Å².